The second kappa shape index (κ2) is 6.09. The van der Waals surface area contributed by atoms with Gasteiger partial charge in [0, 0.05) is 38.6 Å². The summed E-state index contributed by atoms with van der Waals surface area (Å²) >= 11 is 0. The molecule has 2 bridgehead atoms. The summed E-state index contributed by atoms with van der Waals surface area (Å²) in [6.07, 6.45) is 5.07. The molecule has 0 saturated carbocycles. The van der Waals surface area contributed by atoms with Crippen LogP contribution < -0.4 is 0 Å². The van der Waals surface area contributed by atoms with Gasteiger partial charge >= 0.3 is 0 Å². The lowest BCUT2D eigenvalue weighted by Gasteiger charge is -2.32. The molecule has 3 aliphatic heterocycles. The molecular weight excluding hydrogens is 330 g/mol. The number of sulfonamides is 1. The van der Waals surface area contributed by atoms with Gasteiger partial charge in [-0.3, -0.25) is 9.78 Å². The van der Waals surface area contributed by atoms with Crippen LogP contribution >= 0.6 is 0 Å². The maximum atomic E-state index is 12.8. The van der Waals surface area contributed by atoms with Gasteiger partial charge in [-0.15, -0.1) is 0 Å². The van der Waals surface area contributed by atoms with Gasteiger partial charge in [0.1, 0.15) is 4.90 Å². The van der Waals surface area contributed by atoms with Crippen LogP contribution in [0.1, 0.15) is 19.3 Å². The molecule has 130 valence electrons. The van der Waals surface area contributed by atoms with E-state index in [2.05, 4.69) is 4.98 Å². The van der Waals surface area contributed by atoms with Gasteiger partial charge in [-0.05, 0) is 31.4 Å². The summed E-state index contributed by atoms with van der Waals surface area (Å²) in [7, 11) is -3.59. The number of fused-ring (bicyclic) bond motifs is 2. The Hall–Kier alpha value is -1.51. The molecule has 3 saturated heterocycles. The molecule has 0 unspecified atom stereocenters. The monoisotopic (exact) mass is 351 g/mol. The molecule has 3 fully saturated rings. The molecule has 7 nitrogen and oxygen atoms in total. The van der Waals surface area contributed by atoms with Crippen molar-refractivity contribution in [2.75, 3.05) is 26.2 Å². The fourth-order valence-electron chi connectivity index (χ4n) is 3.90. The Balaban J connectivity index is 1.52. The highest BCUT2D eigenvalue weighted by atomic mass is 32.2. The molecule has 3 atom stereocenters. The largest absolute Gasteiger partial charge is 0.371 e. The Kier molecular flexibility index (Phi) is 4.06. The summed E-state index contributed by atoms with van der Waals surface area (Å²) in [5, 5.41) is 0. The van der Waals surface area contributed by atoms with E-state index in [1.807, 2.05) is 4.90 Å². The standard InChI is InChI=1S/C16H21N3O4S/c20-16(18-6-1-2-7-18)14-8-12-10-19(11-15(14)23-12)24(21,22)13-4-3-5-17-9-13/h3-5,9,12,14-15H,1-2,6-8,10-11H2/t12-,14+,15-/m1/s1. The van der Waals surface area contributed by atoms with Crippen LogP contribution in [0, 0.1) is 5.92 Å². The number of amides is 1. The molecule has 1 aromatic heterocycles. The van der Waals surface area contributed by atoms with E-state index in [0.29, 0.717) is 13.0 Å². The molecule has 4 heterocycles. The number of hydrogen-bond acceptors (Lipinski definition) is 5. The minimum absolute atomic E-state index is 0.126. The van der Waals surface area contributed by atoms with Crippen LogP contribution in [0.3, 0.4) is 0 Å². The molecule has 0 aromatic carbocycles. The molecule has 0 N–H and O–H groups in total. The number of ether oxygens (including phenoxy) is 1. The highest BCUT2D eigenvalue weighted by Crippen LogP contribution is 2.35. The predicted octanol–water partition coefficient (Wildman–Crippen LogP) is 0.482. The Labute approximate surface area is 141 Å². The molecule has 0 spiro atoms. The van der Waals surface area contributed by atoms with Crippen LogP contribution in [-0.2, 0) is 19.6 Å². The normalized spacial score (nSPS) is 30.7. The van der Waals surface area contributed by atoms with Crippen molar-refractivity contribution < 1.29 is 17.9 Å². The number of rotatable bonds is 3. The Morgan fingerprint density at radius 2 is 2.04 bits per heavy atom. The smallest absolute Gasteiger partial charge is 0.244 e. The zero-order chi connectivity index (χ0) is 16.7. The third-order valence-electron chi connectivity index (χ3n) is 5.13. The quantitative estimate of drug-likeness (QED) is 0.791. The van der Waals surface area contributed by atoms with Gasteiger partial charge in [0.15, 0.2) is 0 Å². The van der Waals surface area contributed by atoms with Crippen LogP contribution in [0.2, 0.25) is 0 Å². The number of carbonyl (C=O) groups excluding carboxylic acids is 1. The lowest BCUT2D eigenvalue weighted by molar-refractivity contribution is -0.136. The summed E-state index contributed by atoms with van der Waals surface area (Å²) in [4.78, 5) is 18.7. The van der Waals surface area contributed by atoms with Gasteiger partial charge < -0.3 is 9.64 Å². The Morgan fingerprint density at radius 1 is 1.25 bits per heavy atom. The van der Waals surface area contributed by atoms with Crippen molar-refractivity contribution in [3.63, 3.8) is 0 Å². The van der Waals surface area contributed by atoms with Crippen LogP contribution in [0.15, 0.2) is 29.4 Å². The van der Waals surface area contributed by atoms with E-state index in [-0.39, 0.29) is 35.5 Å². The average Bonchev–Trinajstić information content (AvgIpc) is 3.23. The fraction of sp³-hybridized carbons (Fsp3) is 0.625. The molecule has 8 heteroatoms. The average molecular weight is 351 g/mol. The molecule has 0 radical (unpaired) electrons. The molecule has 3 aliphatic rings. The minimum atomic E-state index is -3.59. The van der Waals surface area contributed by atoms with Crippen molar-refractivity contribution >= 4 is 15.9 Å². The number of likely N-dealkylation sites (tertiary alicyclic amines) is 1. The van der Waals surface area contributed by atoms with E-state index in [1.165, 1.54) is 10.5 Å². The number of hydrogen-bond donors (Lipinski definition) is 0. The molecule has 1 aromatic rings. The second-order valence-corrected chi connectivity index (χ2v) is 8.62. The van der Waals surface area contributed by atoms with Crippen molar-refractivity contribution in [1.29, 1.82) is 0 Å². The van der Waals surface area contributed by atoms with Crippen LogP contribution in [0.25, 0.3) is 0 Å². The van der Waals surface area contributed by atoms with E-state index in [4.69, 9.17) is 4.74 Å². The summed E-state index contributed by atoms with van der Waals surface area (Å²) < 4.78 is 32.9. The highest BCUT2D eigenvalue weighted by Gasteiger charge is 2.48. The van der Waals surface area contributed by atoms with Crippen LogP contribution in [0.5, 0.6) is 0 Å². The molecule has 24 heavy (non-hydrogen) atoms. The third kappa shape index (κ3) is 2.72. The van der Waals surface area contributed by atoms with E-state index >= 15 is 0 Å². The lowest BCUT2D eigenvalue weighted by atomic mass is 9.99. The minimum Gasteiger partial charge on any atom is -0.371 e. The maximum Gasteiger partial charge on any atom is 0.244 e. The summed E-state index contributed by atoms with van der Waals surface area (Å²) in [6.45, 7) is 2.16. The maximum absolute atomic E-state index is 12.8. The van der Waals surface area contributed by atoms with E-state index in [1.54, 1.807) is 18.3 Å². The molecule has 1 amide bonds. The van der Waals surface area contributed by atoms with Crippen molar-refractivity contribution in [2.45, 2.75) is 36.4 Å². The fourth-order valence-corrected chi connectivity index (χ4v) is 5.35. The zero-order valence-corrected chi connectivity index (χ0v) is 14.2. The van der Waals surface area contributed by atoms with Gasteiger partial charge in [-0.25, -0.2) is 8.42 Å². The van der Waals surface area contributed by atoms with E-state index < -0.39 is 10.0 Å². The van der Waals surface area contributed by atoms with Gasteiger partial charge in [0.2, 0.25) is 15.9 Å². The summed E-state index contributed by atoms with van der Waals surface area (Å²) in [6, 6.07) is 3.16. The van der Waals surface area contributed by atoms with Gasteiger partial charge in [0.05, 0.1) is 18.1 Å². The van der Waals surface area contributed by atoms with Crippen LogP contribution in [0.4, 0.5) is 0 Å². The topological polar surface area (TPSA) is 79.8 Å². The van der Waals surface area contributed by atoms with Crippen molar-refractivity contribution in [2.24, 2.45) is 5.92 Å². The Morgan fingerprint density at radius 3 is 2.75 bits per heavy atom. The first kappa shape index (κ1) is 16.0. The molecular formula is C16H21N3O4S. The van der Waals surface area contributed by atoms with Gasteiger partial charge in [-0.1, -0.05) is 0 Å². The molecule has 4 rings (SSSR count). The second-order valence-electron chi connectivity index (χ2n) is 6.68. The van der Waals surface area contributed by atoms with E-state index in [0.717, 1.165) is 25.9 Å². The first-order valence-electron chi connectivity index (χ1n) is 8.40. The van der Waals surface area contributed by atoms with Crippen molar-refractivity contribution in [1.82, 2.24) is 14.2 Å². The van der Waals surface area contributed by atoms with Gasteiger partial charge in [-0.2, -0.15) is 4.31 Å². The van der Waals surface area contributed by atoms with Crippen LogP contribution in [-0.4, -0.2) is 66.9 Å². The molecule has 0 aliphatic carbocycles. The number of nitrogens with zero attached hydrogens (tertiary/aromatic N) is 3. The number of aromatic nitrogens is 1. The first-order chi connectivity index (χ1) is 11.6. The number of pyridine rings is 1. The lowest BCUT2D eigenvalue weighted by Crippen LogP contribution is -2.48. The van der Waals surface area contributed by atoms with Crippen molar-refractivity contribution in [3.05, 3.63) is 24.5 Å². The summed E-state index contributed by atoms with van der Waals surface area (Å²) in [5.41, 5.74) is 0. The zero-order valence-electron chi connectivity index (χ0n) is 13.4. The number of carbonyl (C=O) groups is 1. The SMILES string of the molecule is O=C([C@H]1C[C@@H]2CN(S(=O)(=O)c3cccnc3)C[C@H]1O2)N1CCCC1. The summed E-state index contributed by atoms with van der Waals surface area (Å²) in [5.74, 6) is -0.0946. The van der Waals surface area contributed by atoms with Gasteiger partial charge in [0.25, 0.3) is 0 Å². The highest BCUT2D eigenvalue weighted by molar-refractivity contribution is 7.89. The predicted molar refractivity (Wildman–Crippen MR) is 85.6 cm³/mol. The number of morpholine rings is 1. The van der Waals surface area contributed by atoms with Crippen molar-refractivity contribution in [3.8, 4) is 0 Å². The first-order valence-corrected chi connectivity index (χ1v) is 9.84. The van der Waals surface area contributed by atoms with E-state index in [9.17, 15) is 13.2 Å². The Bertz CT molecular complexity index is 718. The third-order valence-corrected chi connectivity index (χ3v) is 6.95.